The van der Waals surface area contributed by atoms with E-state index in [2.05, 4.69) is 15.5 Å². The Morgan fingerprint density at radius 2 is 2.19 bits per heavy atom. The van der Waals surface area contributed by atoms with E-state index in [1.807, 2.05) is 13.8 Å². The van der Waals surface area contributed by atoms with Crippen LogP contribution >= 0.6 is 34.7 Å². The number of nitrogens with one attached hydrogen (secondary N) is 1. The van der Waals surface area contributed by atoms with Gasteiger partial charge in [0.05, 0.1) is 18.5 Å². The summed E-state index contributed by atoms with van der Waals surface area (Å²) in [4.78, 5) is 12.6. The highest BCUT2D eigenvalue weighted by Gasteiger charge is 2.35. The number of hydrogen-bond acceptors (Lipinski definition) is 8. The maximum atomic E-state index is 12.6. The van der Waals surface area contributed by atoms with E-state index in [1.165, 1.54) is 23.5 Å². The van der Waals surface area contributed by atoms with Crippen LogP contribution in [0.5, 0.6) is 5.75 Å². The van der Waals surface area contributed by atoms with Crippen molar-refractivity contribution in [2.75, 3.05) is 22.4 Å². The number of benzene rings is 1. The van der Waals surface area contributed by atoms with E-state index in [4.69, 9.17) is 16.3 Å². The van der Waals surface area contributed by atoms with Crippen molar-refractivity contribution in [2.24, 2.45) is 0 Å². The number of anilines is 2. The number of fused-ring (bicyclic) bond motifs is 1. The van der Waals surface area contributed by atoms with Crippen LogP contribution in [-0.4, -0.2) is 48.7 Å². The zero-order chi connectivity index (χ0) is 19.8. The lowest BCUT2D eigenvalue weighted by molar-refractivity contribution is -0.122. The third kappa shape index (κ3) is 4.84. The molecule has 0 saturated carbocycles. The minimum atomic E-state index is -3.62. The van der Waals surface area contributed by atoms with Crippen molar-refractivity contribution in [3.8, 4) is 5.75 Å². The molecule has 1 aromatic heterocycles. The van der Waals surface area contributed by atoms with Gasteiger partial charge < -0.3 is 4.74 Å². The predicted molar refractivity (Wildman–Crippen MR) is 108 cm³/mol. The number of rotatable bonds is 5. The summed E-state index contributed by atoms with van der Waals surface area (Å²) in [5.41, 5.74) is 0.306. The van der Waals surface area contributed by atoms with Crippen LogP contribution in [0.15, 0.2) is 22.5 Å². The van der Waals surface area contributed by atoms with Gasteiger partial charge in [-0.15, -0.1) is 10.2 Å². The Morgan fingerprint density at radius 3 is 2.85 bits per heavy atom. The summed E-state index contributed by atoms with van der Waals surface area (Å²) in [5, 5.41) is 11.6. The van der Waals surface area contributed by atoms with Gasteiger partial charge in [-0.1, -0.05) is 48.5 Å². The first-order chi connectivity index (χ1) is 12.6. The van der Waals surface area contributed by atoms with Crippen molar-refractivity contribution in [3.05, 3.63) is 23.2 Å². The average Bonchev–Trinajstić information content (AvgIpc) is 2.98. The number of hydrogen-bond donors (Lipinski definition) is 1. The van der Waals surface area contributed by atoms with Crippen molar-refractivity contribution >= 4 is 61.4 Å². The molecule has 1 unspecified atom stereocenters. The van der Waals surface area contributed by atoms with Crippen molar-refractivity contribution < 1.29 is 17.9 Å². The van der Waals surface area contributed by atoms with Gasteiger partial charge in [0.2, 0.25) is 15.2 Å². The fraction of sp³-hybridized carbons (Fsp3) is 0.400. The van der Waals surface area contributed by atoms with Gasteiger partial charge in [0.15, 0.2) is 10.4 Å². The van der Waals surface area contributed by atoms with Crippen LogP contribution in [0.3, 0.4) is 0 Å². The number of amides is 1. The van der Waals surface area contributed by atoms with Gasteiger partial charge in [-0.25, -0.2) is 8.42 Å². The standard InChI is InChI=1S/C15H17ClN4O4S3/c1-8(2)25-15-19-18-14(26-15)17-13(21)12-7-20(27(3,22)23)10-6-9(16)4-5-11(10)24-12/h4-6,8,12H,7H2,1-3H3,(H,17,18,21). The molecule has 12 heteroatoms. The molecule has 0 bridgehead atoms. The van der Waals surface area contributed by atoms with Gasteiger partial charge in [0, 0.05) is 10.3 Å². The Hall–Kier alpha value is -1.56. The molecule has 8 nitrogen and oxygen atoms in total. The largest absolute Gasteiger partial charge is 0.476 e. The Balaban J connectivity index is 1.80. The second-order valence-corrected chi connectivity index (χ2v) is 11.2. The molecule has 1 aliphatic heterocycles. The first-order valence-corrected chi connectivity index (χ1v) is 11.8. The van der Waals surface area contributed by atoms with Crippen LogP contribution in [0.1, 0.15) is 13.8 Å². The number of carbonyl (C=O) groups is 1. The maximum absolute atomic E-state index is 12.6. The van der Waals surface area contributed by atoms with Crippen molar-refractivity contribution in [1.29, 1.82) is 0 Å². The van der Waals surface area contributed by atoms with Crippen molar-refractivity contribution in [1.82, 2.24) is 10.2 Å². The molecule has 1 atom stereocenters. The Labute approximate surface area is 170 Å². The smallest absolute Gasteiger partial charge is 0.269 e. The quantitative estimate of drug-likeness (QED) is 0.554. The summed E-state index contributed by atoms with van der Waals surface area (Å²) in [6.07, 6.45) is 0.0384. The van der Waals surface area contributed by atoms with E-state index in [1.54, 1.807) is 17.8 Å². The number of sulfonamides is 1. The molecule has 0 fully saturated rings. The lowest BCUT2D eigenvalue weighted by atomic mass is 10.2. The first-order valence-electron chi connectivity index (χ1n) is 7.88. The van der Waals surface area contributed by atoms with E-state index in [9.17, 15) is 13.2 Å². The second-order valence-electron chi connectivity index (χ2n) is 6.04. The van der Waals surface area contributed by atoms with Crippen molar-refractivity contribution in [3.63, 3.8) is 0 Å². The molecule has 0 aliphatic carbocycles. The van der Waals surface area contributed by atoms with E-state index in [0.29, 0.717) is 21.1 Å². The number of halogens is 1. The topological polar surface area (TPSA) is 101 Å². The Bertz CT molecular complexity index is 964. The van der Waals surface area contributed by atoms with Gasteiger partial charge in [0.1, 0.15) is 5.75 Å². The van der Waals surface area contributed by atoms with Gasteiger partial charge >= 0.3 is 0 Å². The summed E-state index contributed by atoms with van der Waals surface area (Å²) in [6, 6.07) is 4.60. The van der Waals surface area contributed by atoms with E-state index >= 15 is 0 Å². The lowest BCUT2D eigenvalue weighted by Crippen LogP contribution is -2.48. The normalized spacial score (nSPS) is 16.8. The van der Waals surface area contributed by atoms with Gasteiger partial charge in [-0.3, -0.25) is 14.4 Å². The van der Waals surface area contributed by atoms with Gasteiger partial charge in [-0.05, 0) is 18.2 Å². The number of aromatic nitrogens is 2. The average molecular weight is 449 g/mol. The summed E-state index contributed by atoms with van der Waals surface area (Å²) in [7, 11) is -3.62. The molecular formula is C15H17ClN4O4S3. The fourth-order valence-electron chi connectivity index (χ4n) is 2.37. The third-order valence-electron chi connectivity index (χ3n) is 3.46. The molecule has 2 aromatic rings. The lowest BCUT2D eigenvalue weighted by Gasteiger charge is -2.33. The van der Waals surface area contributed by atoms with Crippen LogP contribution < -0.4 is 14.4 Å². The fourth-order valence-corrected chi connectivity index (χ4v) is 5.42. The molecule has 0 radical (unpaired) electrons. The third-order valence-corrected chi connectivity index (χ3v) is 6.76. The number of nitrogens with zero attached hydrogens (tertiary/aromatic N) is 3. The van der Waals surface area contributed by atoms with Crippen LogP contribution in [-0.2, 0) is 14.8 Å². The molecule has 27 heavy (non-hydrogen) atoms. The number of carbonyl (C=O) groups excluding carboxylic acids is 1. The van der Waals surface area contributed by atoms with Crippen LogP contribution in [0.4, 0.5) is 10.8 Å². The molecule has 1 N–H and O–H groups in total. The molecule has 0 saturated heterocycles. The molecule has 0 spiro atoms. The number of thioether (sulfide) groups is 1. The van der Waals surface area contributed by atoms with Crippen LogP contribution in [0, 0.1) is 0 Å². The molecular weight excluding hydrogens is 432 g/mol. The highest BCUT2D eigenvalue weighted by molar-refractivity contribution is 8.01. The maximum Gasteiger partial charge on any atom is 0.269 e. The van der Waals surface area contributed by atoms with E-state index < -0.39 is 22.0 Å². The molecule has 2 heterocycles. The highest BCUT2D eigenvalue weighted by atomic mass is 35.5. The summed E-state index contributed by atoms with van der Waals surface area (Å²) >= 11 is 8.76. The Kier molecular flexibility index (Phi) is 5.84. The monoisotopic (exact) mass is 448 g/mol. The summed E-state index contributed by atoms with van der Waals surface area (Å²) in [5.74, 6) is -0.231. The van der Waals surface area contributed by atoms with E-state index in [0.717, 1.165) is 14.9 Å². The molecule has 146 valence electrons. The predicted octanol–water partition coefficient (Wildman–Crippen LogP) is 2.86. The SMILES string of the molecule is CC(C)Sc1nnc(NC(=O)C2CN(S(C)(=O)=O)c3cc(Cl)ccc3O2)s1. The Morgan fingerprint density at radius 1 is 1.44 bits per heavy atom. The highest BCUT2D eigenvalue weighted by Crippen LogP contribution is 2.37. The van der Waals surface area contributed by atoms with Crippen LogP contribution in [0.2, 0.25) is 5.02 Å². The summed E-state index contributed by atoms with van der Waals surface area (Å²) < 4.78 is 31.9. The zero-order valence-electron chi connectivity index (χ0n) is 14.7. The minimum absolute atomic E-state index is 0.162. The van der Waals surface area contributed by atoms with Gasteiger partial charge in [0.25, 0.3) is 5.91 Å². The van der Waals surface area contributed by atoms with Crippen LogP contribution in [0.25, 0.3) is 0 Å². The summed E-state index contributed by atoms with van der Waals surface area (Å²) in [6.45, 7) is 3.90. The van der Waals surface area contributed by atoms with E-state index in [-0.39, 0.29) is 12.3 Å². The second kappa shape index (κ2) is 7.82. The minimum Gasteiger partial charge on any atom is -0.476 e. The zero-order valence-corrected chi connectivity index (χ0v) is 17.9. The molecule has 3 rings (SSSR count). The molecule has 1 amide bonds. The number of ether oxygens (including phenoxy) is 1. The molecule has 1 aliphatic rings. The first kappa shape index (κ1) is 20.2. The van der Waals surface area contributed by atoms with Crippen molar-refractivity contribution in [2.45, 2.75) is 29.5 Å². The molecule has 1 aromatic carbocycles. The van der Waals surface area contributed by atoms with Gasteiger partial charge in [-0.2, -0.15) is 0 Å².